The van der Waals surface area contributed by atoms with Crippen molar-refractivity contribution in [2.75, 3.05) is 10.6 Å². The molecule has 2 amide bonds. The molecule has 0 unspecified atom stereocenters. The van der Waals surface area contributed by atoms with E-state index in [0.717, 1.165) is 6.07 Å². The summed E-state index contributed by atoms with van der Waals surface area (Å²) in [6, 6.07) is 7.12. The Bertz CT molecular complexity index is 1050. The lowest BCUT2D eigenvalue weighted by Gasteiger charge is -2.40. The summed E-state index contributed by atoms with van der Waals surface area (Å²) in [5.41, 5.74) is -3.62. The van der Waals surface area contributed by atoms with Gasteiger partial charge in [-0.25, -0.2) is 4.79 Å². The zero-order valence-electron chi connectivity index (χ0n) is 16.5. The predicted octanol–water partition coefficient (Wildman–Crippen LogP) is 7.53. The number of amides is 2. The van der Waals surface area contributed by atoms with Crippen LogP contribution < -0.4 is 10.6 Å². The van der Waals surface area contributed by atoms with Gasteiger partial charge in [0.05, 0.1) is 11.3 Å². The highest BCUT2D eigenvalue weighted by Crippen LogP contribution is 2.62. The third-order valence-electron chi connectivity index (χ3n) is 4.48. The molecule has 2 aromatic carbocycles. The summed E-state index contributed by atoms with van der Waals surface area (Å²) in [6.45, 7) is 0. The van der Waals surface area contributed by atoms with Gasteiger partial charge in [-0.05, 0) is 18.2 Å². The van der Waals surface area contributed by atoms with Gasteiger partial charge in [-0.1, -0.05) is 36.4 Å². The Balaban J connectivity index is 2.50. The summed E-state index contributed by atoms with van der Waals surface area (Å²) in [5, 5.41) is 3.58. The predicted molar refractivity (Wildman–Crippen MR) is 95.3 cm³/mol. The van der Waals surface area contributed by atoms with Crippen molar-refractivity contribution < 1.29 is 61.9 Å². The van der Waals surface area contributed by atoms with Crippen LogP contribution in [0.2, 0.25) is 0 Å². The third kappa shape index (κ3) is 4.57. The van der Waals surface area contributed by atoms with Gasteiger partial charge in [0.15, 0.2) is 0 Å². The molecule has 0 saturated heterocycles. The lowest BCUT2D eigenvalue weighted by Crippen LogP contribution is -2.69. The summed E-state index contributed by atoms with van der Waals surface area (Å²) in [5.74, 6) is -37.8. The van der Waals surface area contributed by atoms with Crippen LogP contribution in [0.3, 0.4) is 0 Å². The van der Waals surface area contributed by atoms with Crippen molar-refractivity contribution in [1.82, 2.24) is 0 Å². The molecule has 2 N–H and O–H groups in total. The second kappa shape index (κ2) is 8.78. The van der Waals surface area contributed by atoms with E-state index in [2.05, 4.69) is 0 Å². The number of urea groups is 1. The van der Waals surface area contributed by atoms with Gasteiger partial charge in [-0.2, -0.15) is 57.1 Å². The fourth-order valence-electron chi connectivity index (χ4n) is 2.61. The molecule has 3 nitrogen and oxygen atoms in total. The number of carbonyl (C=O) groups excluding carboxylic acids is 1. The van der Waals surface area contributed by atoms with Crippen molar-refractivity contribution in [1.29, 1.82) is 0 Å². The smallest absolute Gasteiger partial charge is 0.308 e. The molecule has 0 fully saturated rings. The maximum absolute atomic E-state index is 14.5. The van der Waals surface area contributed by atoms with Gasteiger partial charge >= 0.3 is 41.8 Å². The third-order valence-corrected chi connectivity index (χ3v) is 4.48. The van der Waals surface area contributed by atoms with Gasteiger partial charge in [0.25, 0.3) is 0 Å². The number of benzene rings is 2. The summed E-state index contributed by atoms with van der Waals surface area (Å²) < 4.78 is 174. The Morgan fingerprint density at radius 1 is 0.543 bits per heavy atom. The van der Waals surface area contributed by atoms with E-state index in [0.29, 0.717) is 12.1 Å². The van der Waals surface area contributed by atoms with Gasteiger partial charge < -0.3 is 10.6 Å². The van der Waals surface area contributed by atoms with Crippen LogP contribution in [-0.2, 0) is 5.92 Å². The summed E-state index contributed by atoms with van der Waals surface area (Å²) in [7, 11) is 0. The van der Waals surface area contributed by atoms with E-state index in [9.17, 15) is 61.9 Å². The fraction of sp³-hybridized carbons (Fsp3) is 0.316. The molecule has 0 aliphatic carbocycles. The number of halogens is 13. The molecule has 0 bridgehead atoms. The first-order valence-electron chi connectivity index (χ1n) is 8.90. The van der Waals surface area contributed by atoms with Crippen LogP contribution >= 0.6 is 0 Å². The van der Waals surface area contributed by atoms with Crippen LogP contribution in [0.1, 0.15) is 5.56 Å². The highest BCUT2D eigenvalue weighted by molar-refractivity contribution is 6.00. The lowest BCUT2D eigenvalue weighted by atomic mass is 9.90. The molecule has 0 aliphatic rings. The van der Waals surface area contributed by atoms with Gasteiger partial charge in [0.2, 0.25) is 0 Å². The fourth-order valence-corrected chi connectivity index (χ4v) is 2.61. The average molecular weight is 530 g/mol. The molecule has 0 aromatic heterocycles. The number of hydrogen-bond acceptors (Lipinski definition) is 1. The van der Waals surface area contributed by atoms with Crippen LogP contribution in [0.25, 0.3) is 0 Å². The van der Waals surface area contributed by atoms with E-state index in [-0.39, 0.29) is 11.8 Å². The second-order valence-electron chi connectivity index (χ2n) is 6.86. The van der Waals surface area contributed by atoms with Crippen LogP contribution in [0.5, 0.6) is 0 Å². The van der Waals surface area contributed by atoms with Crippen LogP contribution in [-0.4, -0.2) is 35.9 Å². The minimum Gasteiger partial charge on any atom is -0.308 e. The molecule has 0 atom stereocenters. The first-order chi connectivity index (χ1) is 15.7. The quantitative estimate of drug-likeness (QED) is 0.357. The molecule has 0 radical (unpaired) electrons. The molecule has 0 aliphatic heterocycles. The summed E-state index contributed by atoms with van der Waals surface area (Å²) >= 11 is 0. The number of nitrogens with one attached hydrogen (secondary N) is 2. The molecule has 0 saturated carbocycles. The Hall–Kier alpha value is -3.20. The first-order valence-corrected chi connectivity index (χ1v) is 8.90. The zero-order chi connectivity index (χ0) is 27.1. The molecule has 2 aromatic rings. The van der Waals surface area contributed by atoms with Crippen molar-refractivity contribution in [2.24, 2.45) is 0 Å². The van der Waals surface area contributed by atoms with Crippen molar-refractivity contribution in [3.63, 3.8) is 0 Å². The second-order valence-corrected chi connectivity index (χ2v) is 6.86. The van der Waals surface area contributed by atoms with E-state index in [1.165, 1.54) is 30.3 Å². The average Bonchev–Trinajstić information content (AvgIpc) is 2.73. The van der Waals surface area contributed by atoms with Crippen LogP contribution in [0, 0.1) is 0 Å². The van der Waals surface area contributed by atoms with Gasteiger partial charge in [-0.3, -0.25) is 0 Å². The minimum atomic E-state index is -8.02. The molecular formula is C19H11F13N2O. The molecule has 16 heteroatoms. The number of hydrogen-bond donors (Lipinski definition) is 2. The van der Waals surface area contributed by atoms with Gasteiger partial charge in [0.1, 0.15) is 0 Å². The zero-order valence-corrected chi connectivity index (χ0v) is 16.5. The van der Waals surface area contributed by atoms with Crippen LogP contribution in [0.15, 0.2) is 54.6 Å². The van der Waals surface area contributed by atoms with E-state index in [4.69, 9.17) is 0 Å². The van der Waals surface area contributed by atoms with Crippen molar-refractivity contribution in [3.8, 4) is 0 Å². The first kappa shape index (κ1) is 28.0. The number of rotatable bonds is 7. The molecular weight excluding hydrogens is 519 g/mol. The Morgan fingerprint density at radius 3 is 1.51 bits per heavy atom. The molecule has 0 heterocycles. The monoisotopic (exact) mass is 530 g/mol. The van der Waals surface area contributed by atoms with Crippen LogP contribution in [0.4, 0.5) is 73.2 Å². The minimum absolute atomic E-state index is 0.0279. The number of alkyl halides is 13. The normalized spacial score (nSPS) is 14.0. The standard InChI is InChI=1S/C19H11F13N2O/c20-14(21,15(22,23)16(24,25)17(26,27)18(28,29)19(30,31)32)11-8-4-5-9-12(11)34-13(35)33-10-6-2-1-3-7-10/h1-9H,(H2,33,34,35). The van der Waals surface area contributed by atoms with E-state index >= 15 is 0 Å². The SMILES string of the molecule is O=C(Nc1ccccc1)Nc1ccccc1C(F)(F)C(F)(F)C(F)(F)C(F)(F)C(F)(F)C(F)(F)F. The lowest BCUT2D eigenvalue weighted by molar-refractivity contribution is -0.441. The van der Waals surface area contributed by atoms with E-state index < -0.39 is 53.1 Å². The Morgan fingerprint density at radius 2 is 1.00 bits per heavy atom. The summed E-state index contributed by atoms with van der Waals surface area (Å²) in [6.07, 6.45) is -7.50. The van der Waals surface area contributed by atoms with Crippen molar-refractivity contribution in [3.05, 3.63) is 60.2 Å². The number of para-hydroxylation sites is 2. The van der Waals surface area contributed by atoms with Crippen molar-refractivity contribution in [2.45, 2.75) is 35.8 Å². The highest BCUT2D eigenvalue weighted by atomic mass is 19.4. The number of anilines is 2. The van der Waals surface area contributed by atoms with Gasteiger partial charge in [0, 0.05) is 5.69 Å². The Kier molecular flexibility index (Phi) is 7.04. The Labute approximate surface area is 186 Å². The molecule has 194 valence electrons. The van der Waals surface area contributed by atoms with E-state index in [1.54, 1.807) is 5.32 Å². The summed E-state index contributed by atoms with van der Waals surface area (Å²) in [4.78, 5) is 12.0. The number of carbonyl (C=O) groups is 1. The maximum atomic E-state index is 14.5. The van der Waals surface area contributed by atoms with E-state index in [1.807, 2.05) is 5.32 Å². The topological polar surface area (TPSA) is 41.1 Å². The highest BCUT2D eigenvalue weighted by Gasteiger charge is 2.91. The van der Waals surface area contributed by atoms with Crippen molar-refractivity contribution >= 4 is 17.4 Å². The van der Waals surface area contributed by atoms with Gasteiger partial charge in [-0.15, -0.1) is 0 Å². The molecule has 2 rings (SSSR count). The maximum Gasteiger partial charge on any atom is 0.460 e. The molecule has 0 spiro atoms. The molecule has 35 heavy (non-hydrogen) atoms. The largest absolute Gasteiger partial charge is 0.460 e.